The van der Waals surface area contributed by atoms with E-state index in [1.54, 1.807) is 41.1 Å². The Hall–Kier alpha value is -4.41. The Balaban J connectivity index is 1.44. The molecule has 2 N–H and O–H groups in total. The van der Waals surface area contributed by atoms with Gasteiger partial charge in [-0.3, -0.25) is 14.3 Å². The molecule has 0 aliphatic carbocycles. The summed E-state index contributed by atoms with van der Waals surface area (Å²) in [5, 5.41) is 13.8. The van der Waals surface area contributed by atoms with Crippen molar-refractivity contribution < 1.29 is 18.5 Å². The molecule has 0 spiro atoms. The average Bonchev–Trinajstić information content (AvgIpc) is 3.56. The molecule has 166 valence electrons. The summed E-state index contributed by atoms with van der Waals surface area (Å²) in [7, 11) is 0. The SMILES string of the molecule is O=C1CCC(C(=O)Nc2ccnc(-c3cc(-c4ccon4)n(Cc4ccccc4F)n3)n2)N1. The molecule has 4 heterocycles. The summed E-state index contributed by atoms with van der Waals surface area (Å²) < 4.78 is 20.8. The molecule has 0 saturated carbocycles. The molecule has 4 aromatic rings. The van der Waals surface area contributed by atoms with Gasteiger partial charge in [-0.05, 0) is 24.6 Å². The first-order valence-corrected chi connectivity index (χ1v) is 10.2. The topological polar surface area (TPSA) is 128 Å². The zero-order valence-corrected chi connectivity index (χ0v) is 17.2. The van der Waals surface area contributed by atoms with Crippen molar-refractivity contribution in [3.8, 4) is 22.9 Å². The molecular formula is C22H18FN7O3. The number of amides is 2. The van der Waals surface area contributed by atoms with Gasteiger partial charge < -0.3 is 15.2 Å². The average molecular weight is 447 g/mol. The number of rotatable bonds is 6. The molecule has 3 aromatic heterocycles. The third kappa shape index (κ3) is 4.33. The number of carbonyl (C=O) groups is 2. The Morgan fingerprint density at radius 1 is 1.24 bits per heavy atom. The van der Waals surface area contributed by atoms with Crippen molar-refractivity contribution in [1.29, 1.82) is 0 Å². The van der Waals surface area contributed by atoms with Gasteiger partial charge in [-0.1, -0.05) is 23.4 Å². The number of hydrogen-bond acceptors (Lipinski definition) is 7. The Labute approximate surface area is 186 Å². The Bertz CT molecular complexity index is 1320. The molecule has 11 heteroatoms. The quantitative estimate of drug-likeness (QED) is 0.464. The summed E-state index contributed by atoms with van der Waals surface area (Å²) in [5.41, 5.74) is 1.98. The van der Waals surface area contributed by atoms with E-state index in [2.05, 4.69) is 30.9 Å². The van der Waals surface area contributed by atoms with Crippen LogP contribution in [0, 0.1) is 5.82 Å². The minimum absolute atomic E-state index is 0.153. The predicted molar refractivity (Wildman–Crippen MR) is 114 cm³/mol. The molecular weight excluding hydrogens is 429 g/mol. The van der Waals surface area contributed by atoms with Crippen LogP contribution in [0.2, 0.25) is 0 Å². The lowest BCUT2D eigenvalue weighted by atomic mass is 10.2. The lowest BCUT2D eigenvalue weighted by molar-refractivity contribution is -0.122. The molecule has 10 nitrogen and oxygen atoms in total. The van der Waals surface area contributed by atoms with Crippen molar-refractivity contribution >= 4 is 17.6 Å². The lowest BCUT2D eigenvalue weighted by Gasteiger charge is -2.10. The first kappa shape index (κ1) is 20.5. The van der Waals surface area contributed by atoms with Crippen LogP contribution in [-0.2, 0) is 16.1 Å². The van der Waals surface area contributed by atoms with Gasteiger partial charge in [0.05, 0.1) is 12.2 Å². The minimum atomic E-state index is -0.588. The number of benzene rings is 1. The fraction of sp³-hybridized carbons (Fsp3) is 0.182. The number of hydrogen-bond donors (Lipinski definition) is 2. The molecule has 0 bridgehead atoms. The molecule has 33 heavy (non-hydrogen) atoms. The summed E-state index contributed by atoms with van der Waals surface area (Å²) in [6.07, 6.45) is 3.68. The molecule has 1 fully saturated rings. The normalized spacial score (nSPS) is 15.4. The van der Waals surface area contributed by atoms with E-state index in [9.17, 15) is 14.0 Å². The van der Waals surface area contributed by atoms with Crippen LogP contribution in [0.3, 0.4) is 0 Å². The van der Waals surface area contributed by atoms with Gasteiger partial charge in [0.25, 0.3) is 0 Å². The number of nitrogens with one attached hydrogen (secondary N) is 2. The minimum Gasteiger partial charge on any atom is -0.364 e. The van der Waals surface area contributed by atoms with E-state index in [0.717, 1.165) is 0 Å². The van der Waals surface area contributed by atoms with Crippen molar-refractivity contribution in [3.05, 3.63) is 66.3 Å². The van der Waals surface area contributed by atoms with Gasteiger partial charge in [0, 0.05) is 24.2 Å². The summed E-state index contributed by atoms with van der Waals surface area (Å²) in [6.45, 7) is 0.159. The van der Waals surface area contributed by atoms with E-state index >= 15 is 0 Å². The number of anilines is 1. The molecule has 1 aliphatic heterocycles. The number of halogens is 1. The smallest absolute Gasteiger partial charge is 0.248 e. The van der Waals surface area contributed by atoms with E-state index in [-0.39, 0.29) is 35.8 Å². The fourth-order valence-corrected chi connectivity index (χ4v) is 3.56. The molecule has 1 atom stereocenters. The maximum Gasteiger partial charge on any atom is 0.248 e. The maximum absolute atomic E-state index is 14.2. The van der Waals surface area contributed by atoms with Crippen molar-refractivity contribution in [2.45, 2.75) is 25.4 Å². The first-order valence-electron chi connectivity index (χ1n) is 10.2. The Morgan fingerprint density at radius 2 is 2.12 bits per heavy atom. The van der Waals surface area contributed by atoms with Crippen LogP contribution in [-0.4, -0.2) is 42.8 Å². The molecule has 1 saturated heterocycles. The van der Waals surface area contributed by atoms with E-state index in [4.69, 9.17) is 4.52 Å². The highest BCUT2D eigenvalue weighted by molar-refractivity contribution is 5.98. The first-order chi connectivity index (χ1) is 16.1. The molecule has 1 aromatic carbocycles. The molecule has 2 amide bonds. The van der Waals surface area contributed by atoms with Gasteiger partial charge in [-0.25, -0.2) is 14.4 Å². The zero-order valence-electron chi connectivity index (χ0n) is 17.2. The monoisotopic (exact) mass is 447 g/mol. The van der Waals surface area contributed by atoms with Gasteiger partial charge in [-0.2, -0.15) is 5.10 Å². The van der Waals surface area contributed by atoms with E-state index < -0.39 is 6.04 Å². The third-order valence-corrected chi connectivity index (χ3v) is 5.21. The number of nitrogens with zero attached hydrogens (tertiary/aromatic N) is 5. The van der Waals surface area contributed by atoms with E-state index in [0.29, 0.717) is 35.5 Å². The van der Waals surface area contributed by atoms with Gasteiger partial charge in [0.1, 0.15) is 35.3 Å². The van der Waals surface area contributed by atoms with E-state index in [1.165, 1.54) is 18.5 Å². The van der Waals surface area contributed by atoms with Gasteiger partial charge >= 0.3 is 0 Å². The van der Waals surface area contributed by atoms with Crippen LogP contribution >= 0.6 is 0 Å². The number of aromatic nitrogens is 5. The summed E-state index contributed by atoms with van der Waals surface area (Å²) >= 11 is 0. The van der Waals surface area contributed by atoms with Crippen molar-refractivity contribution in [2.75, 3.05) is 5.32 Å². The largest absolute Gasteiger partial charge is 0.364 e. The van der Waals surface area contributed by atoms with Crippen LogP contribution in [0.5, 0.6) is 0 Å². The lowest BCUT2D eigenvalue weighted by Crippen LogP contribution is -2.37. The second-order valence-corrected chi connectivity index (χ2v) is 7.46. The van der Waals surface area contributed by atoms with Crippen LogP contribution < -0.4 is 10.6 Å². The van der Waals surface area contributed by atoms with Crippen molar-refractivity contribution in [2.24, 2.45) is 0 Å². The zero-order chi connectivity index (χ0) is 22.8. The Kier molecular flexibility index (Phi) is 5.35. The molecule has 5 rings (SSSR count). The Morgan fingerprint density at radius 3 is 2.88 bits per heavy atom. The van der Waals surface area contributed by atoms with Crippen molar-refractivity contribution in [3.63, 3.8) is 0 Å². The molecule has 1 aliphatic rings. The van der Waals surface area contributed by atoms with Gasteiger partial charge in [-0.15, -0.1) is 0 Å². The standard InChI is InChI=1S/C22H18FN7O3/c23-14-4-2-1-3-13(14)12-30-18(15-8-10-33-29-15)11-17(28-30)21-24-9-7-19(26-21)27-22(32)16-5-6-20(31)25-16/h1-4,7-11,16H,5-6,12H2,(H,25,31)(H,24,26,27,32). The highest BCUT2D eigenvalue weighted by atomic mass is 19.1. The number of carbonyl (C=O) groups excluding carboxylic acids is 2. The second-order valence-electron chi connectivity index (χ2n) is 7.46. The van der Waals surface area contributed by atoms with E-state index in [1.807, 2.05) is 0 Å². The highest BCUT2D eigenvalue weighted by Crippen LogP contribution is 2.25. The van der Waals surface area contributed by atoms with Crippen LogP contribution in [0.15, 0.2) is 59.4 Å². The van der Waals surface area contributed by atoms with Crippen LogP contribution in [0.4, 0.5) is 10.2 Å². The van der Waals surface area contributed by atoms with Crippen LogP contribution in [0.25, 0.3) is 22.9 Å². The van der Waals surface area contributed by atoms with Crippen LogP contribution in [0.1, 0.15) is 18.4 Å². The summed E-state index contributed by atoms with van der Waals surface area (Å²) in [5.74, 6) is -0.308. The highest BCUT2D eigenvalue weighted by Gasteiger charge is 2.27. The third-order valence-electron chi connectivity index (χ3n) is 5.21. The second kappa shape index (κ2) is 8.61. The van der Waals surface area contributed by atoms with Gasteiger partial charge in [0.2, 0.25) is 11.8 Å². The molecule has 0 radical (unpaired) electrons. The van der Waals surface area contributed by atoms with Gasteiger partial charge in [0.15, 0.2) is 5.82 Å². The fourth-order valence-electron chi connectivity index (χ4n) is 3.56. The summed E-state index contributed by atoms with van der Waals surface area (Å²) in [6, 6.07) is 10.8. The molecule has 1 unspecified atom stereocenters. The predicted octanol–water partition coefficient (Wildman–Crippen LogP) is 2.40. The summed E-state index contributed by atoms with van der Waals surface area (Å²) in [4.78, 5) is 32.4. The maximum atomic E-state index is 14.2. The van der Waals surface area contributed by atoms with Crippen molar-refractivity contribution in [1.82, 2.24) is 30.2 Å².